The van der Waals surface area contributed by atoms with Crippen molar-refractivity contribution in [3.63, 3.8) is 0 Å². The number of nitrogens with zero attached hydrogens (tertiary/aromatic N) is 5. The molecule has 0 aliphatic rings. The topological polar surface area (TPSA) is 93.0 Å². The van der Waals surface area contributed by atoms with Crippen molar-refractivity contribution in [3.05, 3.63) is 93.3 Å². The third-order valence-electron chi connectivity index (χ3n) is 5.38. The molecule has 8 heteroatoms. The number of aromatic nitrogens is 4. The second-order valence-electron chi connectivity index (χ2n) is 7.48. The van der Waals surface area contributed by atoms with Gasteiger partial charge in [0.2, 0.25) is 0 Å². The first-order chi connectivity index (χ1) is 16.0. The van der Waals surface area contributed by atoms with Crippen LogP contribution in [0, 0.1) is 18.3 Å². The minimum atomic E-state index is -0.495. The zero-order valence-corrected chi connectivity index (χ0v) is 18.6. The van der Waals surface area contributed by atoms with Gasteiger partial charge >= 0.3 is 0 Å². The summed E-state index contributed by atoms with van der Waals surface area (Å²) in [6.45, 7) is 3.14. The van der Waals surface area contributed by atoms with Crippen LogP contribution in [0.15, 0.2) is 71.7 Å². The Bertz CT molecular complexity index is 1620. The maximum absolute atomic E-state index is 13.3. The van der Waals surface area contributed by atoms with E-state index in [2.05, 4.69) is 4.98 Å². The van der Waals surface area contributed by atoms with Crippen molar-refractivity contribution in [1.29, 1.82) is 5.26 Å². The number of nitriles is 1. The summed E-state index contributed by atoms with van der Waals surface area (Å²) >= 11 is 1.14. The molecule has 0 saturated carbocycles. The summed E-state index contributed by atoms with van der Waals surface area (Å²) in [6.07, 6.45) is 1.78. The molecule has 7 nitrogen and oxygen atoms in total. The molecule has 3 heterocycles. The third-order valence-corrected chi connectivity index (χ3v) is 6.62. The maximum Gasteiger partial charge on any atom is 0.277 e. The van der Waals surface area contributed by atoms with Gasteiger partial charge in [0.1, 0.15) is 23.0 Å². The number of para-hydroxylation sites is 1. The van der Waals surface area contributed by atoms with Gasteiger partial charge in [-0.3, -0.25) is 14.0 Å². The minimum Gasteiger partial charge on any atom is -0.294 e. The standard InChI is InChI=1S/C25H17N5O2S/c1-15-23(16(2)31)33-25-27-22(19(13-26)24(32)30(15)25)20-14-29(18-11-7-4-8-12-18)28-21(20)17-9-5-3-6-10-17/h3-12,14H,1-2H3. The predicted octanol–water partition coefficient (Wildman–Crippen LogP) is 4.66. The maximum atomic E-state index is 13.3. The molecule has 0 radical (unpaired) electrons. The molecule has 0 N–H and O–H groups in total. The van der Waals surface area contributed by atoms with E-state index >= 15 is 0 Å². The normalized spacial score (nSPS) is 10.9. The fraction of sp³-hybridized carbons (Fsp3) is 0.0800. The molecule has 5 aromatic rings. The Morgan fingerprint density at radius 3 is 2.33 bits per heavy atom. The van der Waals surface area contributed by atoms with Crippen LogP contribution in [0.3, 0.4) is 0 Å². The van der Waals surface area contributed by atoms with Crippen LogP contribution in [0.2, 0.25) is 0 Å². The van der Waals surface area contributed by atoms with Crippen LogP contribution >= 0.6 is 11.3 Å². The van der Waals surface area contributed by atoms with E-state index in [-0.39, 0.29) is 17.0 Å². The number of fused-ring (bicyclic) bond motifs is 1. The molecule has 0 aliphatic carbocycles. The van der Waals surface area contributed by atoms with Crippen LogP contribution in [0.5, 0.6) is 0 Å². The molecule has 5 rings (SSSR count). The molecular weight excluding hydrogens is 434 g/mol. The molecule has 0 bridgehead atoms. The lowest BCUT2D eigenvalue weighted by atomic mass is 10.0. The van der Waals surface area contributed by atoms with Gasteiger partial charge in [-0.1, -0.05) is 59.9 Å². The Morgan fingerprint density at radius 1 is 1.03 bits per heavy atom. The molecule has 0 spiro atoms. The molecule has 33 heavy (non-hydrogen) atoms. The highest BCUT2D eigenvalue weighted by molar-refractivity contribution is 7.19. The summed E-state index contributed by atoms with van der Waals surface area (Å²) in [7, 11) is 0. The Balaban J connectivity index is 1.84. The van der Waals surface area contributed by atoms with Gasteiger partial charge in [0.15, 0.2) is 10.7 Å². The summed E-state index contributed by atoms with van der Waals surface area (Å²) in [5.41, 5.74) is 3.00. The van der Waals surface area contributed by atoms with Crippen LogP contribution in [0.4, 0.5) is 0 Å². The van der Waals surface area contributed by atoms with Crippen LogP contribution in [-0.4, -0.2) is 24.9 Å². The predicted molar refractivity (Wildman–Crippen MR) is 127 cm³/mol. The molecule has 0 fully saturated rings. The number of thiazole rings is 1. The molecule has 0 aliphatic heterocycles. The summed E-state index contributed by atoms with van der Waals surface area (Å²) in [5, 5.41) is 14.7. The van der Waals surface area contributed by atoms with Crippen molar-refractivity contribution in [3.8, 4) is 34.3 Å². The van der Waals surface area contributed by atoms with E-state index in [0.717, 1.165) is 22.6 Å². The SMILES string of the molecule is CC(=O)c1sc2nc(-c3cn(-c4ccccc4)nc3-c3ccccc3)c(C#N)c(=O)n2c1C. The van der Waals surface area contributed by atoms with E-state index in [9.17, 15) is 14.9 Å². The summed E-state index contributed by atoms with van der Waals surface area (Å²) in [5.74, 6) is -0.149. The number of carbonyl (C=O) groups excluding carboxylic acids is 1. The van der Waals surface area contributed by atoms with Crippen molar-refractivity contribution in [2.24, 2.45) is 0 Å². The molecule has 0 amide bonds. The van der Waals surface area contributed by atoms with Crippen LogP contribution in [-0.2, 0) is 0 Å². The number of benzene rings is 2. The molecule has 0 unspecified atom stereocenters. The van der Waals surface area contributed by atoms with E-state index < -0.39 is 5.56 Å². The van der Waals surface area contributed by atoms with E-state index in [1.54, 1.807) is 17.8 Å². The Morgan fingerprint density at radius 2 is 1.70 bits per heavy atom. The van der Waals surface area contributed by atoms with Crippen LogP contribution < -0.4 is 5.56 Å². The van der Waals surface area contributed by atoms with Gasteiger partial charge in [0, 0.05) is 29.9 Å². The lowest BCUT2D eigenvalue weighted by Crippen LogP contribution is -2.19. The first-order valence-electron chi connectivity index (χ1n) is 10.2. The lowest BCUT2D eigenvalue weighted by Gasteiger charge is -2.05. The molecule has 0 saturated heterocycles. The van der Waals surface area contributed by atoms with E-state index in [1.165, 1.54) is 11.3 Å². The van der Waals surface area contributed by atoms with Gasteiger partial charge in [0.25, 0.3) is 5.56 Å². The zero-order chi connectivity index (χ0) is 23.1. The zero-order valence-electron chi connectivity index (χ0n) is 17.8. The number of Topliss-reactive ketones (excluding diaryl/α,β-unsaturated/α-hetero) is 1. The average Bonchev–Trinajstić information content (AvgIpc) is 3.42. The van der Waals surface area contributed by atoms with Crippen LogP contribution in [0.25, 0.3) is 33.2 Å². The molecule has 2 aromatic carbocycles. The molecular formula is C25H17N5O2S. The highest BCUT2D eigenvalue weighted by Gasteiger charge is 2.24. The monoisotopic (exact) mass is 451 g/mol. The third kappa shape index (κ3) is 3.35. The van der Waals surface area contributed by atoms with Crippen LogP contribution in [0.1, 0.15) is 27.9 Å². The fourth-order valence-corrected chi connectivity index (χ4v) is 4.84. The number of carbonyl (C=O) groups is 1. The summed E-state index contributed by atoms with van der Waals surface area (Å²) in [6, 6.07) is 21.2. The highest BCUT2D eigenvalue weighted by Crippen LogP contribution is 2.33. The van der Waals surface area contributed by atoms with Gasteiger partial charge in [-0.2, -0.15) is 10.4 Å². The van der Waals surface area contributed by atoms with Crippen molar-refractivity contribution in [1.82, 2.24) is 19.2 Å². The number of ketones is 1. The second-order valence-corrected chi connectivity index (χ2v) is 8.46. The molecule has 3 aromatic heterocycles. The molecule has 160 valence electrons. The number of aryl methyl sites for hydroxylation is 1. The quantitative estimate of drug-likeness (QED) is 0.371. The van der Waals surface area contributed by atoms with E-state index in [4.69, 9.17) is 5.10 Å². The highest BCUT2D eigenvalue weighted by atomic mass is 32.1. The summed E-state index contributed by atoms with van der Waals surface area (Å²) < 4.78 is 3.05. The Labute approximate surface area is 192 Å². The van der Waals surface area contributed by atoms with Crippen molar-refractivity contribution in [2.45, 2.75) is 13.8 Å². The van der Waals surface area contributed by atoms with Gasteiger partial charge in [-0.15, -0.1) is 0 Å². The van der Waals surface area contributed by atoms with Gasteiger partial charge < -0.3 is 0 Å². The number of hydrogen-bond acceptors (Lipinski definition) is 6. The molecule has 0 atom stereocenters. The average molecular weight is 452 g/mol. The largest absolute Gasteiger partial charge is 0.294 e. The van der Waals surface area contributed by atoms with E-state index in [1.807, 2.05) is 66.7 Å². The second kappa shape index (κ2) is 7.97. The Kier molecular flexibility index (Phi) is 4.96. The minimum absolute atomic E-state index is 0.0895. The van der Waals surface area contributed by atoms with E-state index in [0.29, 0.717) is 26.8 Å². The Hall–Kier alpha value is -4.35. The van der Waals surface area contributed by atoms with Gasteiger partial charge in [0.05, 0.1) is 10.6 Å². The number of hydrogen-bond donors (Lipinski definition) is 0. The smallest absolute Gasteiger partial charge is 0.277 e. The fourth-order valence-electron chi connectivity index (χ4n) is 3.82. The first-order valence-corrected chi connectivity index (χ1v) is 11.0. The lowest BCUT2D eigenvalue weighted by molar-refractivity contribution is 0.102. The van der Waals surface area contributed by atoms with Gasteiger partial charge in [-0.05, 0) is 19.1 Å². The van der Waals surface area contributed by atoms with Gasteiger partial charge in [-0.25, -0.2) is 9.67 Å². The van der Waals surface area contributed by atoms with Crippen molar-refractivity contribution in [2.75, 3.05) is 0 Å². The van der Waals surface area contributed by atoms with Crippen molar-refractivity contribution < 1.29 is 4.79 Å². The number of rotatable bonds is 4. The van der Waals surface area contributed by atoms with Crippen molar-refractivity contribution >= 4 is 22.1 Å². The summed E-state index contributed by atoms with van der Waals surface area (Å²) in [4.78, 5) is 30.8. The first kappa shape index (κ1) is 20.5.